The highest BCUT2D eigenvalue weighted by atomic mass is 32.2. The van der Waals surface area contributed by atoms with E-state index in [0.29, 0.717) is 4.90 Å². The van der Waals surface area contributed by atoms with Crippen molar-refractivity contribution in [1.82, 2.24) is 10.6 Å². The fourth-order valence-electron chi connectivity index (χ4n) is 2.33. The lowest BCUT2D eigenvalue weighted by molar-refractivity contribution is 0.602. The number of hydrogen-bond acceptors (Lipinski definition) is 4. The number of aliphatic imine (C=N–C) groups is 1. The standard InChI is InChI=1S/C18H25N3O2S2/c1-4-15-7-8-16(24-15)13-21-18(19-2)20-12-11-14-5-9-17(10-6-14)25(3,22)23/h5-10H,4,11-13H2,1-3H3,(H2,19,20,21). The molecule has 0 saturated carbocycles. The van der Waals surface area contributed by atoms with Gasteiger partial charge in [-0.3, -0.25) is 4.99 Å². The van der Waals surface area contributed by atoms with Gasteiger partial charge in [-0.1, -0.05) is 19.1 Å². The van der Waals surface area contributed by atoms with Crippen LogP contribution in [0.25, 0.3) is 0 Å². The van der Waals surface area contributed by atoms with Gasteiger partial charge in [0.2, 0.25) is 0 Å². The summed E-state index contributed by atoms with van der Waals surface area (Å²) in [5.41, 5.74) is 1.08. The van der Waals surface area contributed by atoms with Gasteiger partial charge in [0.05, 0.1) is 11.4 Å². The quantitative estimate of drug-likeness (QED) is 0.573. The maximum Gasteiger partial charge on any atom is 0.191 e. The van der Waals surface area contributed by atoms with Gasteiger partial charge in [-0.05, 0) is 42.7 Å². The fourth-order valence-corrected chi connectivity index (χ4v) is 3.86. The van der Waals surface area contributed by atoms with Crippen LogP contribution in [0.2, 0.25) is 0 Å². The molecule has 0 unspecified atom stereocenters. The molecule has 2 rings (SSSR count). The molecular weight excluding hydrogens is 354 g/mol. The Morgan fingerprint density at radius 2 is 1.76 bits per heavy atom. The van der Waals surface area contributed by atoms with E-state index >= 15 is 0 Å². The lowest BCUT2D eigenvalue weighted by Gasteiger charge is -2.11. The monoisotopic (exact) mass is 379 g/mol. The summed E-state index contributed by atoms with van der Waals surface area (Å²) >= 11 is 1.81. The summed E-state index contributed by atoms with van der Waals surface area (Å²) < 4.78 is 22.9. The van der Waals surface area contributed by atoms with E-state index in [4.69, 9.17) is 0 Å². The Morgan fingerprint density at radius 1 is 1.08 bits per heavy atom. The lowest BCUT2D eigenvalue weighted by Crippen LogP contribution is -2.37. The molecule has 0 fully saturated rings. The predicted octanol–water partition coefficient (Wildman–Crippen LogP) is 2.62. The van der Waals surface area contributed by atoms with Crippen LogP contribution in [0.4, 0.5) is 0 Å². The Kier molecular flexibility index (Phi) is 7.01. The van der Waals surface area contributed by atoms with Gasteiger partial charge >= 0.3 is 0 Å². The van der Waals surface area contributed by atoms with Crippen molar-refractivity contribution in [3.8, 4) is 0 Å². The molecule has 136 valence electrons. The highest BCUT2D eigenvalue weighted by Crippen LogP contribution is 2.16. The first kappa shape index (κ1) is 19.5. The average molecular weight is 380 g/mol. The van der Waals surface area contributed by atoms with Crippen LogP contribution in [-0.4, -0.2) is 34.2 Å². The Balaban J connectivity index is 1.79. The molecule has 0 spiro atoms. The summed E-state index contributed by atoms with van der Waals surface area (Å²) in [5.74, 6) is 0.763. The first-order chi connectivity index (χ1) is 11.9. The van der Waals surface area contributed by atoms with E-state index in [0.717, 1.165) is 37.5 Å². The van der Waals surface area contributed by atoms with Crippen molar-refractivity contribution in [2.24, 2.45) is 4.99 Å². The van der Waals surface area contributed by atoms with Crippen molar-refractivity contribution in [2.75, 3.05) is 19.8 Å². The summed E-state index contributed by atoms with van der Waals surface area (Å²) in [7, 11) is -1.38. The van der Waals surface area contributed by atoms with Crippen molar-refractivity contribution in [3.63, 3.8) is 0 Å². The third-order valence-electron chi connectivity index (χ3n) is 3.78. The second-order valence-electron chi connectivity index (χ2n) is 5.74. The molecule has 2 aromatic rings. The van der Waals surface area contributed by atoms with E-state index in [1.807, 2.05) is 23.5 Å². The average Bonchev–Trinajstić information content (AvgIpc) is 3.05. The number of nitrogens with one attached hydrogen (secondary N) is 2. The van der Waals surface area contributed by atoms with E-state index in [9.17, 15) is 8.42 Å². The number of nitrogens with zero attached hydrogens (tertiary/aromatic N) is 1. The number of aryl methyl sites for hydroxylation is 1. The lowest BCUT2D eigenvalue weighted by atomic mass is 10.1. The van der Waals surface area contributed by atoms with Crippen LogP contribution in [-0.2, 0) is 29.2 Å². The molecule has 5 nitrogen and oxygen atoms in total. The first-order valence-corrected chi connectivity index (χ1v) is 10.9. The summed E-state index contributed by atoms with van der Waals surface area (Å²) in [6.07, 6.45) is 3.08. The molecule has 25 heavy (non-hydrogen) atoms. The third-order valence-corrected chi connectivity index (χ3v) is 6.14. The van der Waals surface area contributed by atoms with Crippen molar-refractivity contribution in [1.29, 1.82) is 0 Å². The topological polar surface area (TPSA) is 70.6 Å². The van der Waals surface area contributed by atoms with Gasteiger partial charge in [0, 0.05) is 29.6 Å². The summed E-state index contributed by atoms with van der Waals surface area (Å²) in [5, 5.41) is 6.59. The molecule has 7 heteroatoms. The van der Waals surface area contributed by atoms with E-state index in [-0.39, 0.29) is 0 Å². The zero-order valence-electron chi connectivity index (χ0n) is 14.9. The number of hydrogen-bond donors (Lipinski definition) is 2. The Morgan fingerprint density at radius 3 is 2.32 bits per heavy atom. The van der Waals surface area contributed by atoms with Gasteiger partial charge in [-0.25, -0.2) is 8.42 Å². The van der Waals surface area contributed by atoms with Gasteiger partial charge in [0.1, 0.15) is 0 Å². The van der Waals surface area contributed by atoms with E-state index in [2.05, 4.69) is 34.7 Å². The molecule has 0 aliphatic heterocycles. The maximum absolute atomic E-state index is 11.5. The minimum absolute atomic E-state index is 0.351. The highest BCUT2D eigenvalue weighted by Gasteiger charge is 2.06. The number of guanidine groups is 1. The molecule has 0 amide bonds. The van der Waals surface area contributed by atoms with Crippen molar-refractivity contribution in [2.45, 2.75) is 31.2 Å². The summed E-state index contributed by atoms with van der Waals surface area (Å²) in [6.45, 7) is 3.64. The zero-order chi connectivity index (χ0) is 18.3. The van der Waals surface area contributed by atoms with Gasteiger partial charge in [0.15, 0.2) is 15.8 Å². The second-order valence-corrected chi connectivity index (χ2v) is 9.01. The van der Waals surface area contributed by atoms with Crippen molar-refractivity contribution in [3.05, 3.63) is 51.7 Å². The third kappa shape index (κ3) is 6.17. The molecule has 0 aliphatic carbocycles. The molecule has 0 saturated heterocycles. The van der Waals surface area contributed by atoms with Crippen LogP contribution in [0, 0.1) is 0 Å². The minimum Gasteiger partial charge on any atom is -0.356 e. The number of benzene rings is 1. The molecule has 2 N–H and O–H groups in total. The van der Waals surface area contributed by atoms with Crippen molar-refractivity contribution < 1.29 is 8.42 Å². The van der Waals surface area contributed by atoms with E-state index in [1.54, 1.807) is 19.2 Å². The molecule has 0 bridgehead atoms. The van der Waals surface area contributed by atoms with Gasteiger partial charge in [0.25, 0.3) is 0 Å². The summed E-state index contributed by atoms with van der Waals surface area (Å²) in [6, 6.07) is 11.3. The van der Waals surface area contributed by atoms with Gasteiger partial charge in [-0.15, -0.1) is 11.3 Å². The van der Waals surface area contributed by atoms with Crippen LogP contribution in [0.15, 0.2) is 46.3 Å². The number of thiophene rings is 1. The number of sulfone groups is 1. The Labute approximate surface area is 154 Å². The van der Waals surface area contributed by atoms with Crippen LogP contribution in [0.3, 0.4) is 0 Å². The van der Waals surface area contributed by atoms with Crippen LogP contribution in [0.5, 0.6) is 0 Å². The Hall–Kier alpha value is -1.86. The normalized spacial score (nSPS) is 12.2. The summed E-state index contributed by atoms with van der Waals surface area (Å²) in [4.78, 5) is 7.25. The van der Waals surface area contributed by atoms with Crippen LogP contribution in [0.1, 0.15) is 22.2 Å². The zero-order valence-corrected chi connectivity index (χ0v) is 16.5. The van der Waals surface area contributed by atoms with Crippen molar-refractivity contribution >= 4 is 27.1 Å². The molecule has 0 atom stereocenters. The first-order valence-electron chi connectivity index (χ1n) is 8.23. The number of rotatable bonds is 7. The second kappa shape index (κ2) is 9.01. The largest absolute Gasteiger partial charge is 0.356 e. The minimum atomic E-state index is -3.14. The fraction of sp³-hybridized carbons (Fsp3) is 0.389. The van der Waals surface area contributed by atoms with E-state index in [1.165, 1.54) is 16.0 Å². The maximum atomic E-state index is 11.5. The van der Waals surface area contributed by atoms with Crippen LogP contribution >= 0.6 is 11.3 Å². The predicted molar refractivity (Wildman–Crippen MR) is 105 cm³/mol. The highest BCUT2D eigenvalue weighted by molar-refractivity contribution is 7.90. The van der Waals surface area contributed by atoms with Gasteiger partial charge < -0.3 is 10.6 Å². The molecule has 0 aliphatic rings. The smallest absolute Gasteiger partial charge is 0.191 e. The Bertz CT molecular complexity index is 809. The molecule has 0 radical (unpaired) electrons. The SMILES string of the molecule is CCc1ccc(CNC(=NC)NCCc2ccc(S(C)(=O)=O)cc2)s1. The van der Waals surface area contributed by atoms with E-state index < -0.39 is 9.84 Å². The van der Waals surface area contributed by atoms with Crippen LogP contribution < -0.4 is 10.6 Å². The molecular formula is C18H25N3O2S2. The molecule has 1 heterocycles. The van der Waals surface area contributed by atoms with Gasteiger partial charge in [-0.2, -0.15) is 0 Å². The molecule has 1 aromatic carbocycles. The molecule has 1 aromatic heterocycles.